The largest absolute Gasteiger partial charge is 0.457 e. The van der Waals surface area contributed by atoms with Crippen molar-refractivity contribution in [2.45, 2.75) is 44.6 Å². The molecule has 1 aliphatic rings. The van der Waals surface area contributed by atoms with Gasteiger partial charge in [-0.25, -0.2) is 4.98 Å². The first-order chi connectivity index (χ1) is 14.6. The van der Waals surface area contributed by atoms with Crippen LogP contribution >= 0.6 is 12.4 Å². The first kappa shape index (κ1) is 22.9. The first-order valence-corrected chi connectivity index (χ1v) is 10.7. The molecular weight excluding hydrogens is 410 g/mol. The molecule has 0 aliphatic carbocycles. The van der Waals surface area contributed by atoms with Crippen LogP contribution in [0.15, 0.2) is 67.3 Å². The molecule has 31 heavy (non-hydrogen) atoms. The molecule has 0 spiro atoms. The van der Waals surface area contributed by atoms with Crippen molar-refractivity contribution >= 4 is 18.3 Å². The lowest BCUT2D eigenvalue weighted by atomic mass is 9.73. The van der Waals surface area contributed by atoms with Gasteiger partial charge in [0.25, 0.3) is 0 Å². The highest BCUT2D eigenvalue weighted by molar-refractivity contribution is 5.88. The number of carbonyl (C=O) groups excluding carboxylic acids is 1. The smallest absolute Gasteiger partial charge is 0.232 e. The van der Waals surface area contributed by atoms with Crippen LogP contribution in [0.5, 0.6) is 11.5 Å². The van der Waals surface area contributed by atoms with Crippen molar-refractivity contribution in [3.8, 4) is 11.5 Å². The topological polar surface area (TPSA) is 47.4 Å². The molecule has 2 heterocycles. The summed E-state index contributed by atoms with van der Waals surface area (Å²) in [7, 11) is 1.92. The van der Waals surface area contributed by atoms with Crippen molar-refractivity contribution < 1.29 is 9.53 Å². The van der Waals surface area contributed by atoms with E-state index in [9.17, 15) is 4.79 Å². The van der Waals surface area contributed by atoms with E-state index in [4.69, 9.17) is 4.74 Å². The fourth-order valence-corrected chi connectivity index (χ4v) is 4.44. The number of ether oxygens (including phenoxy) is 1. The molecule has 1 amide bonds. The maximum absolute atomic E-state index is 13.2. The third-order valence-corrected chi connectivity index (χ3v) is 6.15. The summed E-state index contributed by atoms with van der Waals surface area (Å²) in [6, 6.07) is 16.2. The van der Waals surface area contributed by atoms with Gasteiger partial charge in [-0.15, -0.1) is 12.4 Å². The highest BCUT2D eigenvalue weighted by atomic mass is 35.5. The van der Waals surface area contributed by atoms with Gasteiger partial charge in [-0.2, -0.15) is 0 Å². The number of carbonyl (C=O) groups is 1. The van der Waals surface area contributed by atoms with E-state index in [-0.39, 0.29) is 18.3 Å². The molecule has 0 bridgehead atoms. The quantitative estimate of drug-likeness (QED) is 0.514. The average Bonchev–Trinajstić information content (AvgIpc) is 3.22. The van der Waals surface area contributed by atoms with Gasteiger partial charge in [-0.3, -0.25) is 4.79 Å². The summed E-state index contributed by atoms with van der Waals surface area (Å²) in [5.41, 5.74) is 1.73. The fraction of sp³-hybridized carbons (Fsp3) is 0.360. The van der Waals surface area contributed by atoms with Crippen molar-refractivity contribution in [2.75, 3.05) is 13.6 Å². The van der Waals surface area contributed by atoms with Crippen LogP contribution in [0.2, 0.25) is 0 Å². The van der Waals surface area contributed by atoms with E-state index in [0.717, 1.165) is 61.4 Å². The molecule has 0 N–H and O–H groups in total. The van der Waals surface area contributed by atoms with Gasteiger partial charge in [-0.1, -0.05) is 37.6 Å². The van der Waals surface area contributed by atoms with Crippen LogP contribution in [-0.4, -0.2) is 34.0 Å². The molecule has 1 fully saturated rings. The summed E-state index contributed by atoms with van der Waals surface area (Å²) in [6.07, 6.45) is 9.33. The lowest BCUT2D eigenvalue weighted by Gasteiger charge is -2.33. The molecule has 4 rings (SSSR count). The highest BCUT2D eigenvalue weighted by Gasteiger charge is 2.41. The summed E-state index contributed by atoms with van der Waals surface area (Å²) >= 11 is 0. The number of hydrogen-bond donors (Lipinski definition) is 0. The zero-order valence-electron chi connectivity index (χ0n) is 18.2. The molecule has 1 unspecified atom stereocenters. The predicted octanol–water partition coefficient (Wildman–Crippen LogP) is 5.44. The molecule has 1 atom stereocenters. The molecule has 5 nitrogen and oxygen atoms in total. The number of likely N-dealkylation sites (N-methyl/N-ethyl adjacent to an activating group) is 1. The molecule has 1 saturated heterocycles. The zero-order chi connectivity index (χ0) is 21.0. The number of hydrogen-bond acceptors (Lipinski definition) is 3. The Morgan fingerprint density at radius 1 is 1.10 bits per heavy atom. The van der Waals surface area contributed by atoms with Gasteiger partial charge in [0.15, 0.2) is 0 Å². The molecule has 2 aromatic carbocycles. The number of likely N-dealkylation sites (tertiary alicyclic amines) is 1. The normalized spacial score (nSPS) is 18.9. The van der Waals surface area contributed by atoms with Crippen LogP contribution in [0.25, 0.3) is 0 Å². The zero-order valence-corrected chi connectivity index (χ0v) is 19.0. The second-order valence-corrected chi connectivity index (χ2v) is 8.13. The molecule has 6 heteroatoms. The third-order valence-electron chi connectivity index (χ3n) is 6.15. The lowest BCUT2D eigenvalue weighted by molar-refractivity contribution is -0.135. The summed E-state index contributed by atoms with van der Waals surface area (Å²) in [6.45, 7) is 3.70. The summed E-state index contributed by atoms with van der Waals surface area (Å²) in [5, 5.41) is 0. The molecule has 1 aliphatic heterocycles. The van der Waals surface area contributed by atoms with Gasteiger partial charge < -0.3 is 14.2 Å². The number of aromatic nitrogens is 2. The highest BCUT2D eigenvalue weighted by Crippen LogP contribution is 2.39. The molecular formula is C25H30ClN3O2. The van der Waals surface area contributed by atoms with Gasteiger partial charge in [-0.05, 0) is 54.7 Å². The van der Waals surface area contributed by atoms with Crippen LogP contribution in [0, 0.1) is 0 Å². The maximum atomic E-state index is 13.2. The Morgan fingerprint density at radius 2 is 1.87 bits per heavy atom. The van der Waals surface area contributed by atoms with Crippen molar-refractivity contribution in [3.63, 3.8) is 0 Å². The predicted molar refractivity (Wildman–Crippen MR) is 125 cm³/mol. The SMILES string of the molecule is CCC1(c2cccc(Oc3cccc(Cn4ccnc4)c3)c2)CCCCN(C)C1=O.Cl. The van der Waals surface area contributed by atoms with Gasteiger partial charge in [0.2, 0.25) is 5.91 Å². The minimum atomic E-state index is -0.464. The molecule has 164 valence electrons. The summed E-state index contributed by atoms with van der Waals surface area (Å²) < 4.78 is 8.23. The van der Waals surface area contributed by atoms with E-state index in [0.29, 0.717) is 0 Å². The molecule has 0 saturated carbocycles. The summed E-state index contributed by atoms with van der Waals surface area (Å²) in [4.78, 5) is 19.2. The van der Waals surface area contributed by atoms with Gasteiger partial charge in [0.1, 0.15) is 11.5 Å². The van der Waals surface area contributed by atoms with Gasteiger partial charge in [0, 0.05) is 32.5 Å². The monoisotopic (exact) mass is 439 g/mol. The van der Waals surface area contributed by atoms with Crippen molar-refractivity contribution in [3.05, 3.63) is 78.4 Å². The van der Waals surface area contributed by atoms with Gasteiger partial charge >= 0.3 is 0 Å². The Bertz CT molecular complexity index is 1010. The standard InChI is InChI=1S/C25H29N3O2.ClH/c1-3-25(12-4-5-14-27(2)24(25)29)21-9-7-11-23(17-21)30-22-10-6-8-20(16-22)18-28-15-13-26-19-28;/h6-11,13,15-17,19H,3-5,12,14,18H2,1-2H3;1H. The molecule has 1 aromatic heterocycles. The van der Waals surface area contributed by atoms with Crippen LogP contribution < -0.4 is 4.74 Å². The Morgan fingerprint density at radius 3 is 2.61 bits per heavy atom. The first-order valence-electron chi connectivity index (χ1n) is 10.7. The summed E-state index contributed by atoms with van der Waals surface area (Å²) in [5.74, 6) is 1.78. The number of rotatable bonds is 6. The minimum absolute atomic E-state index is 0. The van der Waals surface area contributed by atoms with Crippen molar-refractivity contribution in [1.82, 2.24) is 14.5 Å². The third kappa shape index (κ3) is 4.93. The van der Waals surface area contributed by atoms with E-state index in [2.05, 4.69) is 24.0 Å². The second kappa shape index (κ2) is 10.0. The number of imidazole rings is 1. The van der Waals surface area contributed by atoms with E-state index in [1.54, 1.807) is 6.20 Å². The number of amides is 1. The minimum Gasteiger partial charge on any atom is -0.457 e. The van der Waals surface area contributed by atoms with Crippen LogP contribution in [-0.2, 0) is 16.8 Å². The lowest BCUT2D eigenvalue weighted by Crippen LogP contribution is -2.43. The maximum Gasteiger partial charge on any atom is 0.232 e. The van der Waals surface area contributed by atoms with Crippen LogP contribution in [0.1, 0.15) is 43.7 Å². The van der Waals surface area contributed by atoms with E-state index in [1.807, 2.05) is 65.4 Å². The van der Waals surface area contributed by atoms with E-state index >= 15 is 0 Å². The Labute approximate surface area is 190 Å². The fourth-order valence-electron chi connectivity index (χ4n) is 4.44. The Hall–Kier alpha value is -2.79. The van der Waals surface area contributed by atoms with Crippen molar-refractivity contribution in [1.29, 1.82) is 0 Å². The number of halogens is 1. The number of benzene rings is 2. The molecule has 0 radical (unpaired) electrons. The Balaban J connectivity index is 0.00000272. The van der Waals surface area contributed by atoms with Crippen LogP contribution in [0.3, 0.4) is 0 Å². The van der Waals surface area contributed by atoms with Crippen molar-refractivity contribution in [2.24, 2.45) is 0 Å². The van der Waals surface area contributed by atoms with Gasteiger partial charge in [0.05, 0.1) is 11.7 Å². The molecule has 3 aromatic rings. The second-order valence-electron chi connectivity index (χ2n) is 8.13. The van der Waals surface area contributed by atoms with Crippen LogP contribution in [0.4, 0.5) is 0 Å². The number of nitrogens with zero attached hydrogens (tertiary/aromatic N) is 3. The Kier molecular flexibility index (Phi) is 7.39. The van der Waals surface area contributed by atoms with E-state index in [1.165, 1.54) is 0 Å². The average molecular weight is 440 g/mol. The van der Waals surface area contributed by atoms with E-state index < -0.39 is 5.41 Å².